The van der Waals surface area contributed by atoms with E-state index < -0.39 is 5.97 Å². The maximum Gasteiger partial charge on any atom is 0.354 e. The molecule has 0 aromatic carbocycles. The molecule has 1 N–H and O–H groups in total. The summed E-state index contributed by atoms with van der Waals surface area (Å²) in [5, 5.41) is 14.2. The Morgan fingerprint density at radius 1 is 1.30 bits per heavy atom. The Morgan fingerprint density at radius 2 is 2.09 bits per heavy atom. The van der Waals surface area contributed by atoms with Gasteiger partial charge in [0, 0.05) is 38.0 Å². The molecule has 0 fully saturated rings. The van der Waals surface area contributed by atoms with Gasteiger partial charge in [-0.2, -0.15) is 0 Å². The van der Waals surface area contributed by atoms with E-state index in [1.165, 1.54) is 6.07 Å². The van der Waals surface area contributed by atoms with Crippen molar-refractivity contribution in [1.29, 1.82) is 0 Å². The molecule has 0 amide bonds. The summed E-state index contributed by atoms with van der Waals surface area (Å²) in [5.74, 6) is -0.235. The summed E-state index contributed by atoms with van der Waals surface area (Å²) < 4.78 is 1.73. The Balaban J connectivity index is 2.10. The minimum absolute atomic E-state index is 0.0356. The lowest BCUT2D eigenvalue weighted by Gasteiger charge is -2.11. The number of rotatable bonds is 4. The van der Waals surface area contributed by atoms with E-state index in [1.54, 1.807) is 16.8 Å². The van der Waals surface area contributed by atoms with Gasteiger partial charge in [-0.1, -0.05) is 17.7 Å². The molecule has 3 aromatic rings. The van der Waals surface area contributed by atoms with Crippen LogP contribution in [0.1, 0.15) is 21.7 Å². The Bertz CT molecular complexity index is 889. The van der Waals surface area contributed by atoms with Gasteiger partial charge >= 0.3 is 5.97 Å². The summed E-state index contributed by atoms with van der Waals surface area (Å²) in [7, 11) is 3.82. The molecule has 6 nitrogen and oxygen atoms in total. The average Bonchev–Trinajstić information content (AvgIpc) is 2.85. The van der Waals surface area contributed by atoms with Crippen molar-refractivity contribution in [3.8, 4) is 0 Å². The predicted molar refractivity (Wildman–Crippen MR) is 88.5 cm³/mol. The van der Waals surface area contributed by atoms with Crippen LogP contribution in [0.5, 0.6) is 0 Å². The third-order valence-electron chi connectivity index (χ3n) is 3.48. The quantitative estimate of drug-likeness (QED) is 0.796. The monoisotopic (exact) mass is 330 g/mol. The van der Waals surface area contributed by atoms with E-state index in [2.05, 4.69) is 10.1 Å². The second kappa shape index (κ2) is 5.89. The number of halogens is 1. The summed E-state index contributed by atoms with van der Waals surface area (Å²) >= 11 is 6.02. The van der Waals surface area contributed by atoms with E-state index in [1.807, 2.05) is 37.2 Å². The average molecular weight is 331 g/mol. The largest absolute Gasteiger partial charge is 0.477 e. The predicted octanol–water partition coefficient (Wildman–Crippen LogP) is 2.74. The Morgan fingerprint density at radius 3 is 2.78 bits per heavy atom. The Hall–Kier alpha value is -2.60. The van der Waals surface area contributed by atoms with Crippen molar-refractivity contribution in [1.82, 2.24) is 14.6 Å². The van der Waals surface area contributed by atoms with Gasteiger partial charge in [-0.15, -0.1) is 5.10 Å². The number of carboxylic acid groups (broad SMARTS) is 1. The molecule has 3 aromatic heterocycles. The zero-order valence-electron chi connectivity index (χ0n) is 12.7. The number of fused-ring (bicyclic) bond motifs is 1. The molecule has 0 aliphatic rings. The van der Waals surface area contributed by atoms with Gasteiger partial charge in [-0.3, -0.25) is 0 Å². The van der Waals surface area contributed by atoms with E-state index in [4.69, 9.17) is 16.7 Å². The first kappa shape index (κ1) is 15.3. The van der Waals surface area contributed by atoms with Gasteiger partial charge in [-0.25, -0.2) is 14.3 Å². The molecule has 0 atom stereocenters. The van der Waals surface area contributed by atoms with Gasteiger partial charge in [-0.05, 0) is 24.3 Å². The normalized spacial score (nSPS) is 10.9. The van der Waals surface area contributed by atoms with E-state index >= 15 is 0 Å². The smallest absolute Gasteiger partial charge is 0.354 e. The third kappa shape index (κ3) is 2.98. The Kier molecular flexibility index (Phi) is 3.92. The zero-order chi connectivity index (χ0) is 16.6. The molecule has 7 heteroatoms. The molecule has 0 unspecified atom stereocenters. The molecule has 118 valence electrons. The van der Waals surface area contributed by atoms with Crippen LogP contribution in [0.2, 0.25) is 5.02 Å². The van der Waals surface area contributed by atoms with Crippen LogP contribution in [-0.4, -0.2) is 39.8 Å². The topological polar surface area (TPSA) is 70.7 Å². The molecule has 0 spiro atoms. The van der Waals surface area contributed by atoms with Crippen LogP contribution in [0.15, 0.2) is 36.5 Å². The van der Waals surface area contributed by atoms with Crippen molar-refractivity contribution < 1.29 is 9.90 Å². The summed E-state index contributed by atoms with van der Waals surface area (Å²) in [6, 6.07) is 8.70. The number of carbonyl (C=O) groups is 1. The van der Waals surface area contributed by atoms with Crippen LogP contribution in [0.3, 0.4) is 0 Å². The lowest BCUT2D eigenvalue weighted by Crippen LogP contribution is -2.12. The maximum atomic E-state index is 11.1. The van der Waals surface area contributed by atoms with Crippen LogP contribution in [-0.2, 0) is 6.42 Å². The number of aromatic nitrogens is 3. The molecular formula is C16H15ClN4O2. The number of hydrogen-bond donors (Lipinski definition) is 1. The molecule has 0 radical (unpaired) electrons. The number of carboxylic acids is 1. The van der Waals surface area contributed by atoms with Crippen molar-refractivity contribution in [2.75, 3.05) is 19.0 Å². The number of nitrogens with zero attached hydrogens (tertiary/aromatic N) is 4. The first-order valence-electron chi connectivity index (χ1n) is 6.99. The minimum Gasteiger partial charge on any atom is -0.477 e. The van der Waals surface area contributed by atoms with Gasteiger partial charge in [0.05, 0.1) is 10.5 Å². The first-order chi connectivity index (χ1) is 11.0. The fraction of sp³-hybridized carbons (Fsp3) is 0.188. The Labute approximate surface area is 137 Å². The van der Waals surface area contributed by atoms with Gasteiger partial charge in [0.1, 0.15) is 5.69 Å². The lowest BCUT2D eigenvalue weighted by atomic mass is 10.1. The fourth-order valence-electron chi connectivity index (χ4n) is 2.47. The molecule has 0 saturated carbocycles. The molecule has 0 aliphatic carbocycles. The highest BCUT2D eigenvalue weighted by molar-refractivity contribution is 6.30. The minimum atomic E-state index is -1.04. The zero-order valence-corrected chi connectivity index (χ0v) is 13.4. The van der Waals surface area contributed by atoms with E-state index in [-0.39, 0.29) is 5.69 Å². The molecular weight excluding hydrogens is 316 g/mol. The van der Waals surface area contributed by atoms with Crippen LogP contribution in [0, 0.1) is 0 Å². The van der Waals surface area contributed by atoms with Crippen molar-refractivity contribution in [2.24, 2.45) is 0 Å². The second-order valence-electron chi connectivity index (χ2n) is 5.37. The van der Waals surface area contributed by atoms with Crippen molar-refractivity contribution in [3.63, 3.8) is 0 Å². The van der Waals surface area contributed by atoms with Gasteiger partial charge in [0.15, 0.2) is 5.82 Å². The highest BCUT2D eigenvalue weighted by atomic mass is 35.5. The van der Waals surface area contributed by atoms with Crippen LogP contribution < -0.4 is 4.90 Å². The highest BCUT2D eigenvalue weighted by Gasteiger charge is 2.16. The van der Waals surface area contributed by atoms with Gasteiger partial charge in [0.2, 0.25) is 0 Å². The fourth-order valence-corrected chi connectivity index (χ4v) is 2.63. The molecule has 0 aliphatic heterocycles. The van der Waals surface area contributed by atoms with Crippen LogP contribution in [0.25, 0.3) is 5.52 Å². The molecule has 23 heavy (non-hydrogen) atoms. The molecule has 3 rings (SSSR count). The summed E-state index contributed by atoms with van der Waals surface area (Å²) in [6.45, 7) is 0. The van der Waals surface area contributed by atoms with Crippen LogP contribution in [0.4, 0.5) is 5.82 Å². The van der Waals surface area contributed by atoms with Crippen molar-refractivity contribution in [3.05, 3.63) is 58.5 Å². The second-order valence-corrected chi connectivity index (χ2v) is 5.81. The van der Waals surface area contributed by atoms with Crippen molar-refractivity contribution >= 4 is 28.9 Å². The SMILES string of the molecule is CN(C)c1nn2cc(Cl)ccc2c1Cc1cccc(C(=O)O)n1. The van der Waals surface area contributed by atoms with Crippen molar-refractivity contribution in [2.45, 2.75) is 6.42 Å². The molecule has 0 saturated heterocycles. The van der Waals surface area contributed by atoms with Crippen LogP contribution >= 0.6 is 11.6 Å². The number of aromatic carboxylic acids is 1. The first-order valence-corrected chi connectivity index (χ1v) is 7.37. The van der Waals surface area contributed by atoms with Gasteiger partial charge < -0.3 is 10.0 Å². The van der Waals surface area contributed by atoms with E-state index in [0.717, 1.165) is 16.9 Å². The summed E-state index contributed by atoms with van der Waals surface area (Å²) in [5.41, 5.74) is 2.61. The number of pyridine rings is 2. The summed E-state index contributed by atoms with van der Waals surface area (Å²) in [6.07, 6.45) is 2.23. The van der Waals surface area contributed by atoms with E-state index in [9.17, 15) is 4.79 Å². The highest BCUT2D eigenvalue weighted by Crippen LogP contribution is 2.26. The number of hydrogen-bond acceptors (Lipinski definition) is 4. The van der Waals surface area contributed by atoms with Gasteiger partial charge in [0.25, 0.3) is 0 Å². The maximum absolute atomic E-state index is 11.1. The summed E-state index contributed by atoms with van der Waals surface area (Å²) in [4.78, 5) is 17.2. The lowest BCUT2D eigenvalue weighted by molar-refractivity contribution is 0.0690. The van der Waals surface area contributed by atoms with E-state index in [0.29, 0.717) is 17.1 Å². The standard InChI is InChI=1S/C16H15ClN4O2/c1-20(2)15-12(14-7-6-10(17)9-21(14)19-15)8-11-4-3-5-13(18-11)16(22)23/h3-7,9H,8H2,1-2H3,(H,22,23). The number of anilines is 1. The molecule has 0 bridgehead atoms. The molecule has 3 heterocycles. The third-order valence-corrected chi connectivity index (χ3v) is 3.71.